The van der Waals surface area contributed by atoms with Gasteiger partial charge in [-0.2, -0.15) is 0 Å². The lowest BCUT2D eigenvalue weighted by atomic mass is 9.94. The molecule has 1 fully saturated rings. The van der Waals surface area contributed by atoms with E-state index in [0.717, 1.165) is 31.2 Å². The van der Waals surface area contributed by atoms with Crippen LogP contribution >= 0.6 is 31.9 Å². The van der Waals surface area contributed by atoms with Crippen molar-refractivity contribution < 1.29 is 4.74 Å². The molecule has 2 nitrogen and oxygen atoms in total. The topological polar surface area (TPSA) is 12.5 Å². The molecule has 110 valence electrons. The fraction of sp³-hybridized carbons (Fsp3) is 0.625. The molecule has 3 rings (SSSR count). The standard InChI is InChI=1S/C16H21Br2NO/c1-11(17)12-2-5-19(6-3-12)10-14-9-15(18)8-13-4-7-20-16(13)14/h8-9,11-12H,2-7,10H2,1H3. The predicted molar refractivity (Wildman–Crippen MR) is 89.7 cm³/mol. The number of nitrogens with zero attached hydrogens (tertiary/aromatic N) is 1. The summed E-state index contributed by atoms with van der Waals surface area (Å²) >= 11 is 7.36. The molecule has 0 bridgehead atoms. The molecule has 1 aromatic carbocycles. The minimum Gasteiger partial charge on any atom is -0.493 e. The van der Waals surface area contributed by atoms with Gasteiger partial charge in [-0.25, -0.2) is 0 Å². The van der Waals surface area contributed by atoms with E-state index in [1.165, 1.54) is 41.5 Å². The Bertz CT molecular complexity index is 482. The normalized spacial score (nSPS) is 21.6. The zero-order valence-corrected chi connectivity index (χ0v) is 15.0. The van der Waals surface area contributed by atoms with E-state index >= 15 is 0 Å². The van der Waals surface area contributed by atoms with E-state index in [1.54, 1.807) is 0 Å². The third kappa shape index (κ3) is 3.23. The maximum Gasteiger partial charge on any atom is 0.127 e. The first-order valence-electron chi connectivity index (χ1n) is 7.44. The fourth-order valence-electron chi connectivity index (χ4n) is 3.27. The van der Waals surface area contributed by atoms with Crippen molar-refractivity contribution in [1.29, 1.82) is 0 Å². The number of rotatable bonds is 3. The van der Waals surface area contributed by atoms with E-state index in [9.17, 15) is 0 Å². The molecule has 1 saturated heterocycles. The van der Waals surface area contributed by atoms with Crippen LogP contribution in [-0.2, 0) is 13.0 Å². The zero-order valence-electron chi connectivity index (χ0n) is 11.9. The van der Waals surface area contributed by atoms with Gasteiger partial charge in [-0.1, -0.05) is 38.8 Å². The summed E-state index contributed by atoms with van der Waals surface area (Å²) in [6.45, 7) is 6.52. The van der Waals surface area contributed by atoms with Crippen molar-refractivity contribution in [3.63, 3.8) is 0 Å². The van der Waals surface area contributed by atoms with Crippen LogP contribution in [0.5, 0.6) is 5.75 Å². The Balaban J connectivity index is 1.67. The van der Waals surface area contributed by atoms with Crippen molar-refractivity contribution >= 4 is 31.9 Å². The fourth-order valence-corrected chi connectivity index (χ4v) is 4.36. The van der Waals surface area contributed by atoms with Gasteiger partial charge in [-0.3, -0.25) is 4.90 Å². The Labute approximate surface area is 138 Å². The molecule has 20 heavy (non-hydrogen) atoms. The van der Waals surface area contributed by atoms with Gasteiger partial charge in [0.15, 0.2) is 0 Å². The maximum atomic E-state index is 5.83. The third-order valence-corrected chi connectivity index (χ3v) is 5.71. The molecule has 0 N–H and O–H groups in total. The summed E-state index contributed by atoms with van der Waals surface area (Å²) in [5.74, 6) is 1.97. The first-order valence-corrected chi connectivity index (χ1v) is 9.15. The molecule has 1 aromatic rings. The lowest BCUT2D eigenvalue weighted by molar-refractivity contribution is 0.176. The quantitative estimate of drug-likeness (QED) is 0.695. The summed E-state index contributed by atoms with van der Waals surface area (Å²) in [6, 6.07) is 4.42. The molecule has 1 atom stereocenters. The number of benzene rings is 1. The molecule has 2 heterocycles. The minimum atomic E-state index is 0.642. The summed E-state index contributed by atoms with van der Waals surface area (Å²) < 4.78 is 7.01. The van der Waals surface area contributed by atoms with Crippen LogP contribution in [0.1, 0.15) is 30.9 Å². The number of hydrogen-bond donors (Lipinski definition) is 0. The third-order valence-electron chi connectivity index (χ3n) is 4.50. The van der Waals surface area contributed by atoms with Gasteiger partial charge in [-0.15, -0.1) is 0 Å². The lowest BCUT2D eigenvalue weighted by Gasteiger charge is -2.33. The number of alkyl halides is 1. The van der Waals surface area contributed by atoms with Gasteiger partial charge in [0.1, 0.15) is 5.75 Å². The Kier molecular flexibility index (Phi) is 4.73. The second-order valence-electron chi connectivity index (χ2n) is 5.94. The van der Waals surface area contributed by atoms with Crippen LogP contribution in [0, 0.1) is 5.92 Å². The monoisotopic (exact) mass is 401 g/mol. The van der Waals surface area contributed by atoms with Crippen LogP contribution in [-0.4, -0.2) is 29.4 Å². The summed E-state index contributed by atoms with van der Waals surface area (Å²) in [5.41, 5.74) is 2.70. The van der Waals surface area contributed by atoms with Crippen molar-refractivity contribution in [2.24, 2.45) is 5.92 Å². The van der Waals surface area contributed by atoms with Crippen LogP contribution in [0.3, 0.4) is 0 Å². The van der Waals surface area contributed by atoms with Gasteiger partial charge >= 0.3 is 0 Å². The first kappa shape index (κ1) is 14.9. The molecule has 0 radical (unpaired) electrons. The van der Waals surface area contributed by atoms with E-state index in [1.807, 2.05) is 0 Å². The van der Waals surface area contributed by atoms with E-state index in [-0.39, 0.29) is 0 Å². The van der Waals surface area contributed by atoms with Crippen LogP contribution in [0.4, 0.5) is 0 Å². The SMILES string of the molecule is CC(Br)C1CCN(Cc2cc(Br)cc3c2OCC3)CC1. The van der Waals surface area contributed by atoms with Crippen molar-refractivity contribution in [2.75, 3.05) is 19.7 Å². The average Bonchev–Trinajstić information content (AvgIpc) is 2.87. The van der Waals surface area contributed by atoms with Crippen LogP contribution in [0.25, 0.3) is 0 Å². The number of ether oxygens (including phenoxy) is 1. The van der Waals surface area contributed by atoms with Crippen molar-refractivity contribution in [1.82, 2.24) is 4.90 Å². The molecule has 1 unspecified atom stereocenters. The Morgan fingerprint density at radius 2 is 2.10 bits per heavy atom. The van der Waals surface area contributed by atoms with Crippen molar-refractivity contribution in [3.05, 3.63) is 27.7 Å². The number of halogens is 2. The van der Waals surface area contributed by atoms with Crippen LogP contribution < -0.4 is 4.74 Å². The molecule has 2 aliphatic heterocycles. The minimum absolute atomic E-state index is 0.642. The van der Waals surface area contributed by atoms with Gasteiger partial charge in [0.05, 0.1) is 6.61 Å². The smallest absolute Gasteiger partial charge is 0.127 e. The highest BCUT2D eigenvalue weighted by molar-refractivity contribution is 9.10. The average molecular weight is 403 g/mol. The van der Waals surface area contributed by atoms with Crippen molar-refractivity contribution in [3.8, 4) is 5.75 Å². The molecule has 0 aromatic heterocycles. The van der Waals surface area contributed by atoms with Gasteiger partial charge in [-0.05, 0) is 49.5 Å². The van der Waals surface area contributed by atoms with Gasteiger partial charge in [0.2, 0.25) is 0 Å². The van der Waals surface area contributed by atoms with Gasteiger partial charge in [0, 0.05) is 27.8 Å². The zero-order chi connectivity index (χ0) is 14.1. The summed E-state index contributed by atoms with van der Waals surface area (Å²) in [5, 5.41) is 0. The largest absolute Gasteiger partial charge is 0.493 e. The van der Waals surface area contributed by atoms with E-state index in [0.29, 0.717) is 4.83 Å². The second kappa shape index (κ2) is 6.37. The number of hydrogen-bond acceptors (Lipinski definition) is 2. The summed E-state index contributed by atoms with van der Waals surface area (Å²) in [7, 11) is 0. The molecular formula is C16H21Br2NO. The Hall–Kier alpha value is -0.0600. The number of fused-ring (bicyclic) bond motifs is 1. The second-order valence-corrected chi connectivity index (χ2v) is 8.30. The Morgan fingerprint density at radius 1 is 1.35 bits per heavy atom. The highest BCUT2D eigenvalue weighted by atomic mass is 79.9. The molecule has 0 saturated carbocycles. The summed E-state index contributed by atoms with van der Waals surface area (Å²) in [6.07, 6.45) is 3.64. The first-order chi connectivity index (χ1) is 9.63. The van der Waals surface area contributed by atoms with Gasteiger partial charge < -0.3 is 4.74 Å². The predicted octanol–water partition coefficient (Wildman–Crippen LogP) is 4.38. The van der Waals surface area contributed by atoms with E-state index in [4.69, 9.17) is 4.74 Å². The lowest BCUT2D eigenvalue weighted by Crippen LogP contribution is -2.35. The van der Waals surface area contributed by atoms with Gasteiger partial charge in [0.25, 0.3) is 0 Å². The number of piperidine rings is 1. The molecule has 0 aliphatic carbocycles. The van der Waals surface area contributed by atoms with Crippen LogP contribution in [0.15, 0.2) is 16.6 Å². The highest BCUT2D eigenvalue weighted by Crippen LogP contribution is 2.34. The molecule has 4 heteroatoms. The highest BCUT2D eigenvalue weighted by Gasteiger charge is 2.24. The molecular weight excluding hydrogens is 382 g/mol. The maximum absolute atomic E-state index is 5.83. The molecule has 0 amide bonds. The van der Waals surface area contributed by atoms with E-state index < -0.39 is 0 Å². The molecule has 0 spiro atoms. The van der Waals surface area contributed by atoms with Crippen molar-refractivity contribution in [2.45, 2.75) is 37.6 Å². The number of likely N-dealkylation sites (tertiary alicyclic amines) is 1. The van der Waals surface area contributed by atoms with E-state index in [2.05, 4.69) is 55.8 Å². The van der Waals surface area contributed by atoms with Crippen LogP contribution in [0.2, 0.25) is 0 Å². The Morgan fingerprint density at radius 3 is 2.80 bits per heavy atom. The molecule has 2 aliphatic rings. The summed E-state index contributed by atoms with van der Waals surface area (Å²) in [4.78, 5) is 3.21.